The van der Waals surface area contributed by atoms with Gasteiger partial charge in [0.25, 0.3) is 11.8 Å². The molecule has 1 heterocycles. The van der Waals surface area contributed by atoms with Gasteiger partial charge in [-0.1, -0.05) is 65.1 Å². The van der Waals surface area contributed by atoms with Crippen molar-refractivity contribution in [3.63, 3.8) is 0 Å². The summed E-state index contributed by atoms with van der Waals surface area (Å²) < 4.78 is 6.71. The molecule has 0 fully saturated rings. The number of hydrogen-bond acceptors (Lipinski definition) is 4. The molecule has 1 atom stereocenters. The maximum atomic E-state index is 12.6. The largest absolute Gasteiger partial charge is 0.455 e. The quantitative estimate of drug-likeness (QED) is 0.290. The number of hydrogen-bond donors (Lipinski definition) is 2. The minimum atomic E-state index is -0.802. The second-order valence-corrected chi connectivity index (χ2v) is 9.00. The number of hydrazone groups is 1. The third-order valence-electron chi connectivity index (χ3n) is 4.54. The Balaban J connectivity index is 1.62. The summed E-state index contributed by atoms with van der Waals surface area (Å²) in [5.74, 6) is 0.0869. The first-order chi connectivity index (χ1) is 15.2. The number of rotatable bonds is 7. The molecule has 32 heavy (non-hydrogen) atoms. The van der Waals surface area contributed by atoms with Crippen LogP contribution in [-0.2, 0) is 4.79 Å². The first kappa shape index (κ1) is 24.0. The van der Waals surface area contributed by atoms with Crippen molar-refractivity contribution in [2.75, 3.05) is 0 Å². The highest BCUT2D eigenvalue weighted by molar-refractivity contribution is 9.10. The fourth-order valence-corrected chi connectivity index (χ4v) is 3.38. The second-order valence-electron chi connectivity index (χ2n) is 7.27. The van der Waals surface area contributed by atoms with Gasteiger partial charge >= 0.3 is 0 Å². The van der Waals surface area contributed by atoms with Crippen molar-refractivity contribution < 1.29 is 14.0 Å². The summed E-state index contributed by atoms with van der Waals surface area (Å²) >= 11 is 15.3. The van der Waals surface area contributed by atoms with Crippen LogP contribution in [0.4, 0.5) is 0 Å². The van der Waals surface area contributed by atoms with Gasteiger partial charge in [-0.3, -0.25) is 9.59 Å². The highest BCUT2D eigenvalue weighted by Crippen LogP contribution is 2.24. The van der Waals surface area contributed by atoms with Crippen LogP contribution >= 0.6 is 39.1 Å². The van der Waals surface area contributed by atoms with E-state index in [4.69, 9.17) is 27.6 Å². The fourth-order valence-electron chi connectivity index (χ4n) is 2.82. The molecule has 1 unspecified atom stereocenters. The molecular formula is C23H20BrCl2N3O3. The van der Waals surface area contributed by atoms with Crippen molar-refractivity contribution in [2.24, 2.45) is 11.0 Å². The monoisotopic (exact) mass is 535 g/mol. The Labute approximate surface area is 204 Å². The number of amides is 2. The van der Waals surface area contributed by atoms with Crippen molar-refractivity contribution in [1.82, 2.24) is 10.7 Å². The summed E-state index contributed by atoms with van der Waals surface area (Å²) in [6.45, 7) is 3.64. The molecule has 0 aliphatic carbocycles. The van der Waals surface area contributed by atoms with Gasteiger partial charge in [-0.2, -0.15) is 5.10 Å². The van der Waals surface area contributed by atoms with Crippen molar-refractivity contribution in [3.8, 4) is 11.3 Å². The zero-order valence-corrected chi connectivity index (χ0v) is 20.3. The molecule has 0 aliphatic rings. The number of benzene rings is 2. The standard InChI is InChI=1S/C23H20BrCl2N3O3/c1-13(2)21(28-22(30)15-5-9-18(25)19(26)11-15)23(31)29-27-12-17-8-10-20(32-17)14-3-6-16(24)7-4-14/h3-13,21H,1-2H3,(H,28,30)(H,29,31). The molecule has 0 saturated heterocycles. The van der Waals surface area contributed by atoms with E-state index in [2.05, 4.69) is 31.8 Å². The zero-order valence-electron chi connectivity index (χ0n) is 17.2. The molecule has 6 nitrogen and oxygen atoms in total. The van der Waals surface area contributed by atoms with Gasteiger partial charge in [0.2, 0.25) is 0 Å². The lowest BCUT2D eigenvalue weighted by Crippen LogP contribution is -2.48. The Morgan fingerprint density at radius 3 is 2.41 bits per heavy atom. The third-order valence-corrected chi connectivity index (χ3v) is 5.81. The van der Waals surface area contributed by atoms with E-state index in [1.54, 1.807) is 6.07 Å². The predicted molar refractivity (Wildman–Crippen MR) is 130 cm³/mol. The van der Waals surface area contributed by atoms with Crippen molar-refractivity contribution in [3.05, 3.63) is 80.4 Å². The molecule has 0 saturated carbocycles. The number of carbonyl (C=O) groups is 2. The predicted octanol–water partition coefficient (Wildman–Crippen LogP) is 5.92. The molecule has 9 heteroatoms. The number of nitrogens with one attached hydrogen (secondary N) is 2. The Morgan fingerprint density at radius 2 is 1.75 bits per heavy atom. The zero-order chi connectivity index (χ0) is 23.3. The third kappa shape index (κ3) is 6.22. The second kappa shape index (κ2) is 10.8. The fraction of sp³-hybridized carbons (Fsp3) is 0.174. The van der Waals surface area contributed by atoms with Gasteiger partial charge in [0.05, 0.1) is 16.3 Å². The van der Waals surface area contributed by atoms with E-state index >= 15 is 0 Å². The first-order valence-electron chi connectivity index (χ1n) is 9.69. The van der Waals surface area contributed by atoms with E-state index in [-0.39, 0.29) is 10.9 Å². The Morgan fingerprint density at radius 1 is 1.03 bits per heavy atom. The molecule has 3 aromatic rings. The lowest BCUT2D eigenvalue weighted by molar-refractivity contribution is -0.123. The number of furan rings is 1. The summed E-state index contributed by atoms with van der Waals surface area (Å²) in [4.78, 5) is 25.1. The van der Waals surface area contributed by atoms with Gasteiger partial charge < -0.3 is 9.73 Å². The molecule has 2 aromatic carbocycles. The summed E-state index contributed by atoms with van der Waals surface area (Å²) in [7, 11) is 0. The molecule has 1 aromatic heterocycles. The van der Waals surface area contributed by atoms with E-state index < -0.39 is 17.9 Å². The summed E-state index contributed by atoms with van der Waals surface area (Å²) in [5, 5.41) is 7.26. The van der Waals surface area contributed by atoms with E-state index in [1.165, 1.54) is 24.4 Å². The molecule has 0 radical (unpaired) electrons. The van der Waals surface area contributed by atoms with Gasteiger partial charge in [-0.05, 0) is 48.4 Å². The van der Waals surface area contributed by atoms with Crippen LogP contribution < -0.4 is 10.7 Å². The lowest BCUT2D eigenvalue weighted by atomic mass is 10.0. The molecule has 0 spiro atoms. The van der Waals surface area contributed by atoms with E-state index in [1.807, 2.05) is 44.2 Å². The maximum absolute atomic E-state index is 12.6. The Kier molecular flexibility index (Phi) is 8.12. The summed E-state index contributed by atoms with van der Waals surface area (Å²) in [6.07, 6.45) is 1.40. The van der Waals surface area contributed by atoms with Crippen LogP contribution in [0.25, 0.3) is 11.3 Å². The molecule has 0 bridgehead atoms. The van der Waals surface area contributed by atoms with Gasteiger partial charge in [0.15, 0.2) is 0 Å². The molecule has 0 aliphatic heterocycles. The van der Waals surface area contributed by atoms with Crippen LogP contribution in [0.1, 0.15) is 30.0 Å². The lowest BCUT2D eigenvalue weighted by Gasteiger charge is -2.20. The van der Waals surface area contributed by atoms with Crippen LogP contribution in [0.2, 0.25) is 10.0 Å². The SMILES string of the molecule is CC(C)C(NC(=O)c1ccc(Cl)c(Cl)c1)C(=O)NN=Cc1ccc(-c2ccc(Br)cc2)o1. The van der Waals surface area contributed by atoms with Crippen molar-refractivity contribution in [1.29, 1.82) is 0 Å². The minimum Gasteiger partial charge on any atom is -0.455 e. The molecular weight excluding hydrogens is 517 g/mol. The van der Waals surface area contributed by atoms with Crippen molar-refractivity contribution >= 4 is 57.2 Å². The van der Waals surface area contributed by atoms with E-state index in [9.17, 15) is 9.59 Å². The van der Waals surface area contributed by atoms with E-state index in [0.29, 0.717) is 22.1 Å². The Hall–Kier alpha value is -2.61. The molecule has 3 rings (SSSR count). The number of halogens is 3. The van der Waals surface area contributed by atoms with Gasteiger partial charge in [0, 0.05) is 15.6 Å². The van der Waals surface area contributed by atoms with Gasteiger partial charge in [-0.15, -0.1) is 0 Å². The summed E-state index contributed by atoms with van der Waals surface area (Å²) in [5.41, 5.74) is 3.67. The minimum absolute atomic E-state index is 0.176. The normalized spacial score (nSPS) is 12.2. The topological polar surface area (TPSA) is 83.7 Å². The average molecular weight is 537 g/mol. The van der Waals surface area contributed by atoms with Crippen molar-refractivity contribution in [2.45, 2.75) is 19.9 Å². The van der Waals surface area contributed by atoms with Crippen LogP contribution in [0.5, 0.6) is 0 Å². The molecule has 166 valence electrons. The van der Waals surface area contributed by atoms with Crippen LogP contribution in [-0.4, -0.2) is 24.1 Å². The number of carbonyl (C=O) groups excluding carboxylic acids is 2. The van der Waals surface area contributed by atoms with Crippen LogP contribution in [0.3, 0.4) is 0 Å². The van der Waals surface area contributed by atoms with E-state index in [0.717, 1.165) is 10.0 Å². The maximum Gasteiger partial charge on any atom is 0.262 e. The molecule has 2 N–H and O–H groups in total. The Bertz CT molecular complexity index is 1140. The first-order valence-corrected chi connectivity index (χ1v) is 11.2. The van der Waals surface area contributed by atoms with Crippen LogP contribution in [0.15, 0.2) is 68.6 Å². The summed E-state index contributed by atoms with van der Waals surface area (Å²) in [6, 6.07) is 15.0. The average Bonchev–Trinajstić information content (AvgIpc) is 3.22. The highest BCUT2D eigenvalue weighted by atomic mass is 79.9. The smallest absolute Gasteiger partial charge is 0.262 e. The molecule has 2 amide bonds. The van der Waals surface area contributed by atoms with Crippen LogP contribution in [0, 0.1) is 5.92 Å². The highest BCUT2D eigenvalue weighted by Gasteiger charge is 2.24. The number of nitrogens with zero attached hydrogens (tertiary/aromatic N) is 1. The van der Waals surface area contributed by atoms with Gasteiger partial charge in [0.1, 0.15) is 17.6 Å². The van der Waals surface area contributed by atoms with Gasteiger partial charge in [-0.25, -0.2) is 5.43 Å².